The smallest absolute Gasteiger partial charge is 0.258 e. The van der Waals surface area contributed by atoms with Gasteiger partial charge in [0.2, 0.25) is 6.79 Å². The van der Waals surface area contributed by atoms with E-state index in [4.69, 9.17) is 23.7 Å². The molecule has 11 nitrogen and oxygen atoms in total. The van der Waals surface area contributed by atoms with Crippen molar-refractivity contribution in [1.29, 1.82) is 0 Å². The van der Waals surface area contributed by atoms with E-state index in [-0.39, 0.29) is 43.6 Å². The van der Waals surface area contributed by atoms with Crippen LogP contribution in [0.25, 0.3) is 11.4 Å². The van der Waals surface area contributed by atoms with Crippen molar-refractivity contribution in [2.75, 3.05) is 26.6 Å². The van der Waals surface area contributed by atoms with Crippen LogP contribution in [0.2, 0.25) is 0 Å². The quantitative estimate of drug-likeness (QED) is 0.585. The van der Waals surface area contributed by atoms with Gasteiger partial charge < -0.3 is 29.0 Å². The summed E-state index contributed by atoms with van der Waals surface area (Å²) in [7, 11) is 0. The van der Waals surface area contributed by atoms with Crippen LogP contribution in [0.15, 0.2) is 48.5 Å². The van der Waals surface area contributed by atoms with Crippen molar-refractivity contribution in [3.63, 3.8) is 0 Å². The second kappa shape index (κ2) is 8.34. The fourth-order valence-electron chi connectivity index (χ4n) is 4.37. The Kier molecular flexibility index (Phi) is 5.04. The van der Waals surface area contributed by atoms with Crippen LogP contribution in [0.5, 0.6) is 17.2 Å². The van der Waals surface area contributed by atoms with Gasteiger partial charge in [0, 0.05) is 5.56 Å². The largest absolute Gasteiger partial charge is 0.484 e. The Morgan fingerprint density at radius 2 is 1.91 bits per heavy atom. The Balaban J connectivity index is 1.12. The molecule has 1 N–H and O–H groups in total. The van der Waals surface area contributed by atoms with Gasteiger partial charge in [-0.25, -0.2) is 4.68 Å². The van der Waals surface area contributed by atoms with Crippen LogP contribution in [-0.2, 0) is 14.3 Å². The molecule has 1 aromatic heterocycles. The van der Waals surface area contributed by atoms with Gasteiger partial charge in [-0.3, -0.25) is 4.79 Å². The van der Waals surface area contributed by atoms with Crippen molar-refractivity contribution in [3.05, 3.63) is 48.5 Å². The number of carbonyl (C=O) groups is 1. The summed E-state index contributed by atoms with van der Waals surface area (Å²) < 4.78 is 30.1. The Hall–Kier alpha value is -3.70. The molecular weight excluding hydrogens is 430 g/mol. The molecule has 6 rings (SSSR count). The van der Waals surface area contributed by atoms with E-state index in [2.05, 4.69) is 20.8 Å². The number of hydrogen-bond donors (Lipinski definition) is 1. The molecule has 3 aliphatic heterocycles. The summed E-state index contributed by atoms with van der Waals surface area (Å²) in [6.45, 7) is 0.819. The van der Waals surface area contributed by atoms with Crippen LogP contribution in [0.4, 0.5) is 0 Å². The van der Waals surface area contributed by atoms with E-state index in [9.17, 15) is 4.79 Å². The Morgan fingerprint density at radius 1 is 1.06 bits per heavy atom. The highest BCUT2D eigenvalue weighted by atomic mass is 16.7. The molecule has 4 atom stereocenters. The number of rotatable bonds is 6. The molecule has 4 unspecified atom stereocenters. The van der Waals surface area contributed by atoms with Gasteiger partial charge in [-0.1, -0.05) is 18.2 Å². The van der Waals surface area contributed by atoms with Crippen molar-refractivity contribution < 1.29 is 28.5 Å². The second-order valence-corrected chi connectivity index (χ2v) is 7.95. The number of nitrogens with zero attached hydrogens (tertiary/aromatic N) is 4. The third-order valence-electron chi connectivity index (χ3n) is 5.92. The fraction of sp³-hybridized carbons (Fsp3) is 0.364. The Labute approximate surface area is 188 Å². The summed E-state index contributed by atoms with van der Waals surface area (Å²) in [6.07, 6.45) is -0.592. The van der Waals surface area contributed by atoms with E-state index < -0.39 is 0 Å². The minimum absolute atomic E-state index is 0.0808. The number of hydrogen-bond acceptors (Lipinski definition) is 9. The minimum atomic E-state index is -0.301. The molecule has 170 valence electrons. The lowest BCUT2D eigenvalue weighted by molar-refractivity contribution is -0.124. The molecule has 11 heteroatoms. The molecule has 1 amide bonds. The van der Waals surface area contributed by atoms with Gasteiger partial charge in [-0.2, -0.15) is 0 Å². The highest BCUT2D eigenvalue weighted by molar-refractivity contribution is 5.78. The van der Waals surface area contributed by atoms with Crippen molar-refractivity contribution in [1.82, 2.24) is 25.5 Å². The van der Waals surface area contributed by atoms with Crippen LogP contribution < -0.4 is 19.5 Å². The summed E-state index contributed by atoms with van der Waals surface area (Å²) in [5, 5.41) is 15.2. The molecule has 2 fully saturated rings. The third kappa shape index (κ3) is 3.74. The molecule has 4 heterocycles. The van der Waals surface area contributed by atoms with Crippen LogP contribution in [0.3, 0.4) is 0 Å². The molecule has 3 aromatic rings. The molecule has 0 bridgehead atoms. The molecule has 0 saturated carbocycles. The van der Waals surface area contributed by atoms with Gasteiger partial charge in [0.1, 0.15) is 24.0 Å². The van der Waals surface area contributed by atoms with Crippen molar-refractivity contribution in [2.45, 2.75) is 24.3 Å². The van der Waals surface area contributed by atoms with Gasteiger partial charge in [-0.05, 0) is 40.8 Å². The Morgan fingerprint density at radius 3 is 2.82 bits per heavy atom. The van der Waals surface area contributed by atoms with Gasteiger partial charge in [0.25, 0.3) is 5.91 Å². The van der Waals surface area contributed by atoms with Crippen molar-refractivity contribution >= 4 is 5.91 Å². The number of fused-ring (bicyclic) bond motifs is 2. The Bertz CT molecular complexity index is 1160. The fourth-order valence-corrected chi connectivity index (χ4v) is 4.37. The predicted octanol–water partition coefficient (Wildman–Crippen LogP) is 0.971. The van der Waals surface area contributed by atoms with Gasteiger partial charge >= 0.3 is 0 Å². The molecule has 33 heavy (non-hydrogen) atoms. The number of benzene rings is 2. The number of carbonyl (C=O) groups excluding carboxylic acids is 1. The van der Waals surface area contributed by atoms with Crippen molar-refractivity contribution in [3.8, 4) is 28.6 Å². The lowest BCUT2D eigenvalue weighted by Crippen LogP contribution is -2.45. The first-order valence-electron chi connectivity index (χ1n) is 10.6. The van der Waals surface area contributed by atoms with Gasteiger partial charge in [0.05, 0.1) is 19.3 Å². The van der Waals surface area contributed by atoms with E-state index in [0.717, 1.165) is 5.56 Å². The minimum Gasteiger partial charge on any atom is -0.484 e. The lowest BCUT2D eigenvalue weighted by Gasteiger charge is -2.18. The topological polar surface area (TPSA) is 119 Å². The first kappa shape index (κ1) is 19.9. The van der Waals surface area contributed by atoms with E-state index in [0.29, 0.717) is 36.3 Å². The molecule has 2 aromatic carbocycles. The van der Waals surface area contributed by atoms with Gasteiger partial charge in [-0.15, -0.1) is 5.10 Å². The molecular formula is C22H21N5O6. The maximum absolute atomic E-state index is 12.4. The van der Waals surface area contributed by atoms with E-state index >= 15 is 0 Å². The first-order valence-corrected chi connectivity index (χ1v) is 10.6. The van der Waals surface area contributed by atoms with Crippen LogP contribution in [-0.4, -0.2) is 71.0 Å². The summed E-state index contributed by atoms with van der Waals surface area (Å²) in [4.78, 5) is 12.4. The zero-order valence-electron chi connectivity index (χ0n) is 17.5. The first-order chi connectivity index (χ1) is 16.3. The number of aromatic nitrogens is 4. The standard InChI is InChI=1S/C22H21N5O6/c28-19(11-29-14-4-2-1-3-5-14)23-15-9-30-21-16(10-31-20(15)21)27-22(24-25-26-27)13-6-7-17-18(8-13)33-12-32-17/h1-8,15-16,20-21H,9-12H2,(H,23,28). The average Bonchev–Trinajstić information content (AvgIpc) is 3.62. The molecule has 3 aliphatic rings. The van der Waals surface area contributed by atoms with Crippen molar-refractivity contribution in [2.24, 2.45) is 0 Å². The van der Waals surface area contributed by atoms with E-state index in [1.807, 2.05) is 36.4 Å². The second-order valence-electron chi connectivity index (χ2n) is 7.95. The van der Waals surface area contributed by atoms with Crippen LogP contribution in [0, 0.1) is 0 Å². The number of para-hydroxylation sites is 1. The molecule has 0 aliphatic carbocycles. The number of amides is 1. The summed E-state index contributed by atoms with van der Waals surface area (Å²) >= 11 is 0. The number of ether oxygens (including phenoxy) is 5. The predicted molar refractivity (Wildman–Crippen MR) is 112 cm³/mol. The highest BCUT2D eigenvalue weighted by Crippen LogP contribution is 2.38. The maximum Gasteiger partial charge on any atom is 0.258 e. The molecule has 2 saturated heterocycles. The SMILES string of the molecule is O=C(COc1ccccc1)NC1COC2C1OCC2n1nnnc1-c1ccc2c(c1)OCO2. The summed E-state index contributed by atoms with van der Waals surface area (Å²) in [6, 6.07) is 14.3. The molecule has 0 radical (unpaired) electrons. The number of tetrazole rings is 1. The normalized spacial score (nSPS) is 25.1. The zero-order valence-corrected chi connectivity index (χ0v) is 17.5. The third-order valence-corrected chi connectivity index (χ3v) is 5.92. The van der Waals surface area contributed by atoms with Crippen LogP contribution >= 0.6 is 0 Å². The number of nitrogens with one attached hydrogen (secondary N) is 1. The highest BCUT2D eigenvalue weighted by Gasteiger charge is 2.50. The monoisotopic (exact) mass is 451 g/mol. The maximum atomic E-state index is 12.4. The van der Waals surface area contributed by atoms with Crippen LogP contribution in [0.1, 0.15) is 6.04 Å². The zero-order chi connectivity index (χ0) is 22.2. The van der Waals surface area contributed by atoms with E-state index in [1.54, 1.807) is 16.8 Å². The summed E-state index contributed by atoms with van der Waals surface area (Å²) in [5.74, 6) is 2.33. The van der Waals surface area contributed by atoms with E-state index in [1.165, 1.54) is 0 Å². The molecule has 0 spiro atoms. The average molecular weight is 451 g/mol. The lowest BCUT2D eigenvalue weighted by atomic mass is 10.1. The van der Waals surface area contributed by atoms with Gasteiger partial charge in [0.15, 0.2) is 23.9 Å². The summed E-state index contributed by atoms with van der Waals surface area (Å²) in [5.41, 5.74) is 0.800.